The van der Waals surface area contributed by atoms with Crippen LogP contribution in [0.2, 0.25) is 0 Å². The van der Waals surface area contributed by atoms with Gasteiger partial charge in [-0.1, -0.05) is 86.6 Å². The summed E-state index contributed by atoms with van der Waals surface area (Å²) in [5.41, 5.74) is 5.18. The molecule has 0 saturated carbocycles. The summed E-state index contributed by atoms with van der Waals surface area (Å²) in [5.74, 6) is 1.54. The summed E-state index contributed by atoms with van der Waals surface area (Å²) >= 11 is 0. The molecular weight excluding hydrogens is 617 g/mol. The van der Waals surface area contributed by atoms with Crippen LogP contribution in [0.15, 0.2) is 85.2 Å². The zero-order chi connectivity index (χ0) is 24.0. The maximum atomic E-state index is 4.46. The van der Waals surface area contributed by atoms with Crippen molar-refractivity contribution in [3.63, 3.8) is 0 Å². The normalized spacial score (nSPS) is 10.7. The summed E-state index contributed by atoms with van der Waals surface area (Å²) in [6, 6.07) is 24.3. The fraction of sp³-hybridized carbons (Fsp3) is 0.222. The number of aromatic amines is 1. The molecule has 0 unspecified atom stereocenters. The minimum Gasteiger partial charge on any atom is -0.262 e. The number of benzene rings is 2. The molecule has 3 heterocycles. The second-order valence-electron chi connectivity index (χ2n) is 9.13. The number of H-pyrrole nitrogens is 1. The molecule has 0 aliphatic heterocycles. The second kappa shape index (κ2) is 11.8. The van der Waals surface area contributed by atoms with E-state index in [1.54, 1.807) is 6.20 Å². The Balaban J connectivity index is 0.000000192. The van der Waals surface area contributed by atoms with Crippen LogP contribution in [0.5, 0.6) is 0 Å². The zero-order valence-corrected chi connectivity index (χ0v) is 22.6. The Bertz CT molecular complexity index is 1320. The van der Waals surface area contributed by atoms with Crippen molar-refractivity contribution in [1.29, 1.82) is 0 Å². The Labute approximate surface area is 220 Å². The third-order valence-corrected chi connectivity index (χ3v) is 5.14. The van der Waals surface area contributed by atoms with E-state index in [4.69, 9.17) is 0 Å². The number of rotatable bonds is 4. The summed E-state index contributed by atoms with van der Waals surface area (Å²) in [7, 11) is 0. The molecule has 7 nitrogen and oxygen atoms in total. The van der Waals surface area contributed by atoms with Gasteiger partial charge in [-0.3, -0.25) is 10.1 Å². The van der Waals surface area contributed by atoms with Crippen molar-refractivity contribution < 1.29 is 21.1 Å². The first-order valence-electron chi connectivity index (χ1n) is 11.2. The molecular formula is C27H29N7Pt+2. The van der Waals surface area contributed by atoms with E-state index in [2.05, 4.69) is 63.4 Å². The molecule has 0 saturated heterocycles. The molecule has 5 aromatic rings. The fourth-order valence-electron chi connectivity index (χ4n) is 3.26. The molecule has 0 fully saturated rings. The first-order valence-corrected chi connectivity index (χ1v) is 11.2. The van der Waals surface area contributed by atoms with Crippen LogP contribution in [-0.4, -0.2) is 35.2 Å². The molecule has 1 N–H and O–H groups in total. The van der Waals surface area contributed by atoms with Gasteiger partial charge < -0.3 is 0 Å². The molecule has 0 spiro atoms. The van der Waals surface area contributed by atoms with Crippen LogP contribution in [0.3, 0.4) is 0 Å². The fourth-order valence-corrected chi connectivity index (χ4v) is 3.26. The smallest absolute Gasteiger partial charge is 0.262 e. The van der Waals surface area contributed by atoms with E-state index in [9.17, 15) is 0 Å². The van der Waals surface area contributed by atoms with Crippen molar-refractivity contribution in [1.82, 2.24) is 35.2 Å². The number of pyridine rings is 1. The van der Waals surface area contributed by atoms with Gasteiger partial charge >= 0.3 is 21.1 Å². The number of nitrogens with zero attached hydrogens (tertiary/aromatic N) is 6. The van der Waals surface area contributed by atoms with Crippen molar-refractivity contribution >= 4 is 0 Å². The van der Waals surface area contributed by atoms with Gasteiger partial charge in [0.1, 0.15) is 17.2 Å². The number of aromatic nitrogens is 7. The van der Waals surface area contributed by atoms with Crippen molar-refractivity contribution in [2.75, 3.05) is 0 Å². The topological polar surface area (TPSA) is 85.2 Å². The van der Waals surface area contributed by atoms with Gasteiger partial charge in [-0.25, -0.2) is 9.67 Å². The Morgan fingerprint density at radius 1 is 0.886 bits per heavy atom. The Hall–Kier alpha value is -3.44. The van der Waals surface area contributed by atoms with E-state index >= 15 is 0 Å². The second-order valence-corrected chi connectivity index (χ2v) is 9.13. The molecule has 5 rings (SSSR count). The van der Waals surface area contributed by atoms with E-state index in [1.807, 2.05) is 78.5 Å². The SMILES string of the molecule is Cc1ccnc(-c2n[nH]c(C(C)(C)C)n2)c1.[Pt+2].c1ccc(Cn2cc(-c3ccccc3)nn2)cc1. The van der Waals surface area contributed by atoms with Gasteiger partial charge in [0.2, 0.25) is 0 Å². The van der Waals surface area contributed by atoms with Gasteiger partial charge in [-0.15, -0.1) is 5.10 Å². The van der Waals surface area contributed by atoms with Gasteiger partial charge in [0.15, 0.2) is 5.82 Å². The minimum atomic E-state index is -0.0188. The van der Waals surface area contributed by atoms with E-state index < -0.39 is 0 Å². The van der Waals surface area contributed by atoms with E-state index in [-0.39, 0.29) is 26.5 Å². The summed E-state index contributed by atoms with van der Waals surface area (Å²) in [4.78, 5) is 8.72. The average Bonchev–Trinajstić information content (AvgIpc) is 3.51. The van der Waals surface area contributed by atoms with Gasteiger partial charge in [0.25, 0.3) is 0 Å². The monoisotopic (exact) mass is 646 g/mol. The average molecular weight is 647 g/mol. The third kappa shape index (κ3) is 7.27. The maximum Gasteiger partial charge on any atom is 2.00 e. The van der Waals surface area contributed by atoms with Crippen LogP contribution in [0.4, 0.5) is 0 Å². The van der Waals surface area contributed by atoms with Crippen LogP contribution in [-0.2, 0) is 33.0 Å². The molecule has 0 atom stereocenters. The molecule has 0 aliphatic rings. The third-order valence-electron chi connectivity index (χ3n) is 5.14. The van der Waals surface area contributed by atoms with Crippen molar-refractivity contribution in [3.8, 4) is 22.8 Å². The molecule has 0 amide bonds. The van der Waals surface area contributed by atoms with Crippen LogP contribution in [0.1, 0.15) is 37.7 Å². The largest absolute Gasteiger partial charge is 2.00 e. The Kier molecular flexibility index (Phi) is 8.83. The zero-order valence-electron chi connectivity index (χ0n) is 20.3. The first-order chi connectivity index (χ1) is 16.4. The minimum absolute atomic E-state index is 0. The van der Waals surface area contributed by atoms with E-state index in [1.165, 1.54) is 5.56 Å². The van der Waals surface area contributed by atoms with Crippen molar-refractivity contribution in [3.05, 3.63) is 102 Å². The van der Waals surface area contributed by atoms with Gasteiger partial charge in [-0.2, -0.15) is 5.10 Å². The van der Waals surface area contributed by atoms with Crippen LogP contribution in [0.25, 0.3) is 22.8 Å². The van der Waals surface area contributed by atoms with Gasteiger partial charge in [0.05, 0.1) is 12.7 Å². The Morgan fingerprint density at radius 2 is 1.57 bits per heavy atom. The summed E-state index contributed by atoms with van der Waals surface area (Å²) in [6.07, 6.45) is 3.75. The van der Waals surface area contributed by atoms with Crippen LogP contribution in [0, 0.1) is 6.92 Å². The van der Waals surface area contributed by atoms with Crippen LogP contribution < -0.4 is 0 Å². The van der Waals surface area contributed by atoms with Crippen LogP contribution >= 0.6 is 0 Å². The summed E-state index contributed by atoms with van der Waals surface area (Å²) < 4.78 is 1.86. The summed E-state index contributed by atoms with van der Waals surface area (Å²) in [6.45, 7) is 9.08. The molecule has 2 aromatic carbocycles. The molecule has 8 heteroatoms. The molecule has 0 bridgehead atoms. The van der Waals surface area contributed by atoms with Gasteiger partial charge in [-0.05, 0) is 30.2 Å². The first kappa shape index (κ1) is 26.2. The Morgan fingerprint density at radius 3 is 2.20 bits per heavy atom. The quantitative estimate of drug-likeness (QED) is 0.280. The summed E-state index contributed by atoms with van der Waals surface area (Å²) in [5, 5.41) is 15.5. The molecule has 35 heavy (non-hydrogen) atoms. The predicted molar refractivity (Wildman–Crippen MR) is 134 cm³/mol. The number of hydrogen-bond donors (Lipinski definition) is 1. The molecule has 0 radical (unpaired) electrons. The van der Waals surface area contributed by atoms with E-state index in [0.29, 0.717) is 5.82 Å². The van der Waals surface area contributed by atoms with E-state index in [0.717, 1.165) is 34.9 Å². The molecule has 180 valence electrons. The molecule has 3 aromatic heterocycles. The predicted octanol–water partition coefficient (Wildman–Crippen LogP) is 5.46. The number of hydrogen-bond acceptors (Lipinski definition) is 5. The maximum absolute atomic E-state index is 4.46. The van der Waals surface area contributed by atoms with Gasteiger partial charge in [0, 0.05) is 17.2 Å². The standard InChI is InChI=1S/C15H13N3.C12H16N4.Pt/c1-3-7-13(8-4-1)11-18-12-15(16-17-18)14-9-5-2-6-10-14;1-8-5-6-13-9(7-8)10-14-11(16-15-10)12(2,3)4;/h1-10,12H,11H2;5-7H,1-4H3,(H,14,15,16);/q;;+2. The number of aryl methyl sites for hydroxylation is 1. The number of nitrogens with one attached hydrogen (secondary N) is 1. The molecule has 0 aliphatic carbocycles. The van der Waals surface area contributed by atoms with Crippen molar-refractivity contribution in [2.45, 2.75) is 39.7 Å². The van der Waals surface area contributed by atoms with Crippen molar-refractivity contribution in [2.24, 2.45) is 0 Å².